The molecule has 3 N–H and O–H groups in total. The minimum absolute atomic E-state index is 0.0161. The number of aryl methyl sites for hydroxylation is 1. The number of nitrogen functional groups attached to an aromatic ring is 1. The molecule has 2 aromatic carbocycles. The molecule has 2 aromatic heterocycles. The Kier molecular flexibility index (Phi) is 5.79. The molecule has 1 fully saturated rings. The molecule has 0 unspecified atom stereocenters. The number of halogens is 2. The predicted octanol–water partition coefficient (Wildman–Crippen LogP) is 3.91. The number of nitrogens with one attached hydrogen (secondary N) is 1. The minimum atomic E-state index is -0.748. The standard InChI is InChI=1S/C28H28F2N6O2/c1-14(2)24-25(15(3)7-8-33-24)36-20-11-17(21-18(29)5-4-6-19(21)31)23(30)26-22(20)27(34-28(36)37)35-10-9-32-12-16(35)13-38-26/h4-8,11,14,16,32H,9-10,12-13,31H2,1-3H3/t16-/m1/s1. The van der Waals surface area contributed by atoms with Crippen LogP contribution in [0.15, 0.2) is 41.3 Å². The first-order valence-corrected chi connectivity index (χ1v) is 12.7. The highest BCUT2D eigenvalue weighted by atomic mass is 19.1. The molecule has 4 aromatic rings. The SMILES string of the molecule is Cc1ccnc(C(C)C)c1-n1c(=O)nc2c3c(c(F)c(-c4c(N)cccc4F)cc31)OC[C@H]1CNCCN21. The van der Waals surface area contributed by atoms with Gasteiger partial charge in [0.05, 0.1) is 28.3 Å². The first-order chi connectivity index (χ1) is 18.3. The van der Waals surface area contributed by atoms with E-state index in [2.05, 4.69) is 15.3 Å². The monoisotopic (exact) mass is 518 g/mol. The van der Waals surface area contributed by atoms with Crippen molar-refractivity contribution in [2.75, 3.05) is 36.9 Å². The molecule has 38 heavy (non-hydrogen) atoms. The second-order valence-corrected chi connectivity index (χ2v) is 10.1. The summed E-state index contributed by atoms with van der Waals surface area (Å²) in [7, 11) is 0. The average Bonchev–Trinajstić information content (AvgIpc) is 3.05. The Balaban J connectivity index is 1.80. The smallest absolute Gasteiger partial charge is 0.354 e. The molecule has 8 nitrogen and oxygen atoms in total. The van der Waals surface area contributed by atoms with Gasteiger partial charge in [0.15, 0.2) is 11.6 Å². The highest BCUT2D eigenvalue weighted by molar-refractivity contribution is 6.00. The van der Waals surface area contributed by atoms with Crippen LogP contribution in [0.5, 0.6) is 5.75 Å². The van der Waals surface area contributed by atoms with Crippen molar-refractivity contribution in [1.82, 2.24) is 19.9 Å². The number of hydrogen-bond donors (Lipinski definition) is 2. The van der Waals surface area contributed by atoms with Gasteiger partial charge in [-0.25, -0.2) is 13.6 Å². The van der Waals surface area contributed by atoms with Crippen molar-refractivity contribution in [1.29, 1.82) is 0 Å². The van der Waals surface area contributed by atoms with Gasteiger partial charge in [-0.3, -0.25) is 9.55 Å². The maximum Gasteiger partial charge on any atom is 0.354 e. The number of aromatic nitrogens is 3. The molecule has 4 heterocycles. The number of fused-ring (bicyclic) bond motifs is 2. The van der Waals surface area contributed by atoms with E-state index in [0.29, 0.717) is 47.7 Å². The second-order valence-electron chi connectivity index (χ2n) is 10.1. The van der Waals surface area contributed by atoms with Crippen LogP contribution in [0.25, 0.3) is 27.7 Å². The van der Waals surface area contributed by atoms with Gasteiger partial charge in [-0.15, -0.1) is 0 Å². The molecule has 196 valence electrons. The molecule has 0 radical (unpaired) electrons. The van der Waals surface area contributed by atoms with Gasteiger partial charge in [0.1, 0.15) is 18.2 Å². The third kappa shape index (κ3) is 3.62. The van der Waals surface area contributed by atoms with Gasteiger partial charge in [-0.05, 0) is 42.7 Å². The molecule has 0 aliphatic carbocycles. The van der Waals surface area contributed by atoms with Crippen molar-refractivity contribution in [3.63, 3.8) is 0 Å². The van der Waals surface area contributed by atoms with Crippen LogP contribution in [0.4, 0.5) is 20.3 Å². The van der Waals surface area contributed by atoms with Crippen LogP contribution in [-0.2, 0) is 0 Å². The Morgan fingerprint density at radius 1 is 1.24 bits per heavy atom. The van der Waals surface area contributed by atoms with E-state index < -0.39 is 17.3 Å². The number of rotatable bonds is 3. The summed E-state index contributed by atoms with van der Waals surface area (Å²) in [6.45, 7) is 7.88. The van der Waals surface area contributed by atoms with Crippen molar-refractivity contribution in [3.8, 4) is 22.6 Å². The Morgan fingerprint density at radius 3 is 2.82 bits per heavy atom. The van der Waals surface area contributed by atoms with Crippen LogP contribution in [0.1, 0.15) is 31.0 Å². The van der Waals surface area contributed by atoms with Gasteiger partial charge in [-0.1, -0.05) is 19.9 Å². The number of hydrogen-bond acceptors (Lipinski definition) is 7. The van der Waals surface area contributed by atoms with Crippen LogP contribution in [0.2, 0.25) is 0 Å². The number of nitrogens with two attached hydrogens (primary N) is 1. The van der Waals surface area contributed by atoms with E-state index in [0.717, 1.165) is 5.56 Å². The van der Waals surface area contributed by atoms with E-state index in [4.69, 9.17) is 10.5 Å². The van der Waals surface area contributed by atoms with Crippen LogP contribution in [-0.4, -0.2) is 46.8 Å². The fourth-order valence-corrected chi connectivity index (χ4v) is 5.53. The van der Waals surface area contributed by atoms with Crippen molar-refractivity contribution >= 4 is 22.4 Å². The number of anilines is 2. The second kappa shape index (κ2) is 9.05. The van der Waals surface area contributed by atoms with E-state index in [-0.39, 0.29) is 41.1 Å². The summed E-state index contributed by atoms with van der Waals surface area (Å²) >= 11 is 0. The zero-order chi connectivity index (χ0) is 26.7. The van der Waals surface area contributed by atoms with E-state index in [1.165, 1.54) is 28.8 Å². The van der Waals surface area contributed by atoms with Crippen molar-refractivity contribution in [3.05, 3.63) is 69.9 Å². The summed E-state index contributed by atoms with van der Waals surface area (Å²) < 4.78 is 39.0. The molecule has 0 saturated carbocycles. The highest BCUT2D eigenvalue weighted by Crippen LogP contribution is 2.44. The van der Waals surface area contributed by atoms with E-state index in [9.17, 15) is 4.79 Å². The lowest BCUT2D eigenvalue weighted by atomic mass is 9.98. The van der Waals surface area contributed by atoms with Crippen LogP contribution >= 0.6 is 0 Å². The number of pyridine rings is 1. The Labute approximate surface area is 218 Å². The summed E-state index contributed by atoms with van der Waals surface area (Å²) in [5.41, 5.74) is 7.93. The largest absolute Gasteiger partial charge is 0.487 e. The lowest BCUT2D eigenvalue weighted by Gasteiger charge is -2.35. The van der Waals surface area contributed by atoms with Gasteiger partial charge in [0.25, 0.3) is 0 Å². The molecular weight excluding hydrogens is 490 g/mol. The minimum Gasteiger partial charge on any atom is -0.487 e. The molecule has 10 heteroatoms. The average molecular weight is 519 g/mol. The number of piperazine rings is 1. The lowest BCUT2D eigenvalue weighted by Crippen LogP contribution is -2.54. The van der Waals surface area contributed by atoms with Crippen LogP contribution in [0, 0.1) is 18.6 Å². The molecule has 0 bridgehead atoms. The van der Waals surface area contributed by atoms with Crippen LogP contribution < -0.4 is 26.4 Å². The van der Waals surface area contributed by atoms with E-state index >= 15 is 8.78 Å². The predicted molar refractivity (Wildman–Crippen MR) is 143 cm³/mol. The number of benzene rings is 2. The summed E-state index contributed by atoms with van der Waals surface area (Å²) in [6.07, 6.45) is 1.70. The molecule has 2 aliphatic heterocycles. The van der Waals surface area contributed by atoms with Crippen molar-refractivity contribution < 1.29 is 13.5 Å². The van der Waals surface area contributed by atoms with Crippen molar-refractivity contribution in [2.24, 2.45) is 0 Å². The first kappa shape index (κ1) is 24.3. The molecule has 6 rings (SSSR count). The number of ether oxygens (including phenoxy) is 1. The molecule has 1 saturated heterocycles. The van der Waals surface area contributed by atoms with E-state index in [1.54, 1.807) is 6.20 Å². The third-order valence-electron chi connectivity index (χ3n) is 7.34. The van der Waals surface area contributed by atoms with Gasteiger partial charge < -0.3 is 20.7 Å². The Bertz CT molecular complexity index is 1630. The normalized spacial score (nSPS) is 16.9. The molecule has 0 amide bonds. The zero-order valence-corrected chi connectivity index (χ0v) is 21.4. The summed E-state index contributed by atoms with van der Waals surface area (Å²) in [4.78, 5) is 24.9. The maximum atomic E-state index is 16.3. The fourth-order valence-electron chi connectivity index (χ4n) is 5.53. The Morgan fingerprint density at radius 2 is 2.05 bits per heavy atom. The molecule has 0 spiro atoms. The van der Waals surface area contributed by atoms with E-state index in [1.807, 2.05) is 31.7 Å². The third-order valence-corrected chi connectivity index (χ3v) is 7.34. The van der Waals surface area contributed by atoms with Crippen LogP contribution in [0.3, 0.4) is 0 Å². The summed E-state index contributed by atoms with van der Waals surface area (Å²) in [5.74, 6) is -1.15. The molecule has 1 atom stereocenters. The Hall–Kier alpha value is -4.05. The quantitative estimate of drug-likeness (QED) is 0.397. The van der Waals surface area contributed by atoms with Crippen molar-refractivity contribution in [2.45, 2.75) is 32.7 Å². The van der Waals surface area contributed by atoms with Gasteiger partial charge in [0.2, 0.25) is 0 Å². The van der Waals surface area contributed by atoms with Gasteiger partial charge in [-0.2, -0.15) is 4.98 Å². The zero-order valence-electron chi connectivity index (χ0n) is 21.4. The maximum absolute atomic E-state index is 16.3. The summed E-state index contributed by atoms with van der Waals surface area (Å²) in [6, 6.07) is 7.35. The number of nitrogens with zero attached hydrogens (tertiary/aromatic N) is 4. The first-order valence-electron chi connectivity index (χ1n) is 12.7. The van der Waals surface area contributed by atoms with Gasteiger partial charge in [0, 0.05) is 42.6 Å². The highest BCUT2D eigenvalue weighted by Gasteiger charge is 2.35. The molecule has 2 aliphatic rings. The summed E-state index contributed by atoms with van der Waals surface area (Å²) in [5, 5.41) is 3.68. The lowest BCUT2D eigenvalue weighted by molar-refractivity contribution is 0.264. The topological polar surface area (TPSA) is 98.3 Å². The van der Waals surface area contributed by atoms with Gasteiger partial charge >= 0.3 is 5.69 Å². The fraction of sp³-hybridized carbons (Fsp3) is 0.321. The molecular formula is C28H28F2N6O2.